The standard InChI is InChI=1S/C17H28N4O.2ClH/c1-13(15-3-2-7-18-12-15)11-17(22)21-9-5-14(6-10-21)16-4-8-19-20-16;;/h4,8,13-15,18H,2-3,5-7,9-12H2,1H3,(H,19,20);2*1H. The van der Waals surface area contributed by atoms with Gasteiger partial charge < -0.3 is 10.2 Å². The second-order valence-electron chi connectivity index (χ2n) is 6.95. The second kappa shape index (κ2) is 10.3. The van der Waals surface area contributed by atoms with E-state index in [-0.39, 0.29) is 24.8 Å². The fourth-order valence-electron chi connectivity index (χ4n) is 3.87. The summed E-state index contributed by atoms with van der Waals surface area (Å²) in [5.74, 6) is 2.04. The predicted molar refractivity (Wildman–Crippen MR) is 101 cm³/mol. The Hall–Kier alpha value is -0.780. The highest BCUT2D eigenvalue weighted by Crippen LogP contribution is 2.28. The molecule has 138 valence electrons. The van der Waals surface area contributed by atoms with E-state index in [4.69, 9.17) is 0 Å². The first kappa shape index (κ1) is 21.3. The fourth-order valence-corrected chi connectivity index (χ4v) is 3.87. The third kappa shape index (κ3) is 5.36. The van der Waals surface area contributed by atoms with Crippen molar-refractivity contribution in [2.24, 2.45) is 11.8 Å². The van der Waals surface area contributed by atoms with Crippen molar-refractivity contribution < 1.29 is 4.79 Å². The van der Waals surface area contributed by atoms with Crippen molar-refractivity contribution in [1.82, 2.24) is 20.4 Å². The number of hydrogen-bond acceptors (Lipinski definition) is 3. The van der Waals surface area contributed by atoms with Crippen LogP contribution in [0.3, 0.4) is 0 Å². The molecule has 2 aliphatic rings. The Kier molecular flexibility index (Phi) is 9.09. The van der Waals surface area contributed by atoms with E-state index in [1.54, 1.807) is 0 Å². The van der Waals surface area contributed by atoms with Gasteiger partial charge in [0.05, 0.1) is 0 Å². The molecular weight excluding hydrogens is 347 g/mol. The van der Waals surface area contributed by atoms with Crippen LogP contribution in [0, 0.1) is 11.8 Å². The number of H-pyrrole nitrogens is 1. The van der Waals surface area contributed by atoms with Gasteiger partial charge in [0, 0.05) is 37.3 Å². The molecule has 0 spiro atoms. The highest BCUT2D eigenvalue weighted by molar-refractivity contribution is 5.85. The van der Waals surface area contributed by atoms with E-state index >= 15 is 0 Å². The summed E-state index contributed by atoms with van der Waals surface area (Å²) in [5, 5.41) is 10.6. The minimum absolute atomic E-state index is 0. The summed E-state index contributed by atoms with van der Waals surface area (Å²) in [4.78, 5) is 14.6. The smallest absolute Gasteiger partial charge is 0.222 e. The summed E-state index contributed by atoms with van der Waals surface area (Å²) in [7, 11) is 0. The molecular formula is C17H30Cl2N4O. The second-order valence-corrected chi connectivity index (χ2v) is 6.95. The van der Waals surface area contributed by atoms with Gasteiger partial charge in [0.1, 0.15) is 0 Å². The van der Waals surface area contributed by atoms with Gasteiger partial charge in [-0.2, -0.15) is 5.10 Å². The van der Waals surface area contributed by atoms with Crippen LogP contribution in [0.15, 0.2) is 12.3 Å². The van der Waals surface area contributed by atoms with E-state index in [1.165, 1.54) is 18.5 Å². The van der Waals surface area contributed by atoms with Gasteiger partial charge in [0.2, 0.25) is 5.91 Å². The van der Waals surface area contributed by atoms with Gasteiger partial charge >= 0.3 is 0 Å². The highest BCUT2D eigenvalue weighted by atomic mass is 35.5. The van der Waals surface area contributed by atoms with E-state index in [0.29, 0.717) is 30.1 Å². The van der Waals surface area contributed by atoms with Crippen molar-refractivity contribution in [3.8, 4) is 0 Å². The zero-order valence-corrected chi connectivity index (χ0v) is 16.0. The maximum absolute atomic E-state index is 12.5. The van der Waals surface area contributed by atoms with Crippen molar-refractivity contribution in [2.45, 2.75) is 44.9 Å². The average molecular weight is 377 g/mol. The van der Waals surface area contributed by atoms with E-state index in [2.05, 4.69) is 33.4 Å². The number of halogens is 2. The number of nitrogens with zero attached hydrogens (tertiary/aromatic N) is 2. The lowest BCUT2D eigenvalue weighted by Gasteiger charge is -2.34. The molecule has 3 rings (SSSR count). The number of amides is 1. The minimum atomic E-state index is 0. The molecule has 2 aliphatic heterocycles. The number of carbonyl (C=O) groups is 1. The molecule has 1 aromatic heterocycles. The number of carbonyl (C=O) groups excluding carboxylic acids is 1. The number of aromatic amines is 1. The highest BCUT2D eigenvalue weighted by Gasteiger charge is 2.27. The normalized spacial score (nSPS) is 23.0. The Morgan fingerprint density at radius 1 is 1.33 bits per heavy atom. The Balaban J connectivity index is 0.00000144. The number of nitrogens with one attached hydrogen (secondary N) is 2. The molecule has 5 nitrogen and oxygen atoms in total. The quantitative estimate of drug-likeness (QED) is 0.848. The molecule has 2 atom stereocenters. The van der Waals surface area contributed by atoms with Crippen molar-refractivity contribution in [3.05, 3.63) is 18.0 Å². The van der Waals surface area contributed by atoms with Gasteiger partial charge in [-0.3, -0.25) is 9.89 Å². The molecule has 2 fully saturated rings. The Labute approximate surface area is 157 Å². The lowest BCUT2D eigenvalue weighted by Crippen LogP contribution is -2.40. The van der Waals surface area contributed by atoms with Gasteiger partial charge in [0.15, 0.2) is 0 Å². The van der Waals surface area contributed by atoms with Crippen molar-refractivity contribution >= 4 is 30.7 Å². The number of rotatable bonds is 4. The molecule has 7 heteroatoms. The van der Waals surface area contributed by atoms with Crippen molar-refractivity contribution in [3.63, 3.8) is 0 Å². The SMILES string of the molecule is CC(CC(=O)N1CCC(c2ccn[nH]2)CC1)C1CCCNC1.Cl.Cl. The number of aromatic nitrogens is 2. The summed E-state index contributed by atoms with van der Waals surface area (Å²) < 4.78 is 0. The van der Waals surface area contributed by atoms with Crippen LogP contribution in [0.1, 0.15) is 50.6 Å². The molecule has 0 bridgehead atoms. The van der Waals surface area contributed by atoms with Gasteiger partial charge in [0.25, 0.3) is 0 Å². The monoisotopic (exact) mass is 376 g/mol. The summed E-state index contributed by atoms with van der Waals surface area (Å²) in [6.07, 6.45) is 7.14. The van der Waals surface area contributed by atoms with Crippen LogP contribution >= 0.6 is 24.8 Å². The number of piperidine rings is 2. The van der Waals surface area contributed by atoms with E-state index < -0.39 is 0 Å². The van der Waals surface area contributed by atoms with Crippen LogP contribution in [-0.2, 0) is 4.79 Å². The van der Waals surface area contributed by atoms with E-state index in [9.17, 15) is 4.79 Å². The lowest BCUT2D eigenvalue weighted by molar-refractivity contribution is -0.133. The number of hydrogen-bond donors (Lipinski definition) is 2. The fraction of sp³-hybridized carbons (Fsp3) is 0.765. The summed E-state index contributed by atoms with van der Waals surface area (Å²) in [5.41, 5.74) is 1.22. The Bertz CT molecular complexity index is 469. The van der Waals surface area contributed by atoms with Crippen LogP contribution in [-0.4, -0.2) is 47.2 Å². The predicted octanol–water partition coefficient (Wildman–Crippen LogP) is 2.99. The van der Waals surface area contributed by atoms with E-state index in [0.717, 1.165) is 39.0 Å². The van der Waals surface area contributed by atoms with Crippen molar-refractivity contribution in [2.75, 3.05) is 26.2 Å². The van der Waals surface area contributed by atoms with Crippen molar-refractivity contribution in [1.29, 1.82) is 0 Å². The molecule has 2 saturated heterocycles. The first-order chi connectivity index (χ1) is 10.7. The molecule has 3 heterocycles. The third-order valence-corrected chi connectivity index (χ3v) is 5.45. The zero-order valence-electron chi connectivity index (χ0n) is 14.4. The maximum atomic E-state index is 12.5. The van der Waals surface area contributed by atoms with Crippen LogP contribution in [0.2, 0.25) is 0 Å². The third-order valence-electron chi connectivity index (χ3n) is 5.45. The summed E-state index contributed by atoms with van der Waals surface area (Å²) in [6.45, 7) is 6.23. The van der Waals surface area contributed by atoms with Crippen LogP contribution in [0.4, 0.5) is 0 Å². The minimum Gasteiger partial charge on any atom is -0.343 e. The molecule has 0 saturated carbocycles. The Morgan fingerprint density at radius 3 is 2.67 bits per heavy atom. The molecule has 0 aliphatic carbocycles. The van der Waals surface area contributed by atoms with Gasteiger partial charge in [-0.1, -0.05) is 6.92 Å². The Morgan fingerprint density at radius 2 is 2.08 bits per heavy atom. The molecule has 0 radical (unpaired) electrons. The zero-order chi connectivity index (χ0) is 15.4. The van der Waals surface area contributed by atoms with Crippen LogP contribution in [0.25, 0.3) is 0 Å². The summed E-state index contributed by atoms with van der Waals surface area (Å²) >= 11 is 0. The topological polar surface area (TPSA) is 61.0 Å². The number of likely N-dealkylation sites (tertiary alicyclic amines) is 1. The first-order valence-corrected chi connectivity index (χ1v) is 8.72. The largest absolute Gasteiger partial charge is 0.343 e. The van der Waals surface area contributed by atoms with E-state index in [1.807, 2.05) is 6.20 Å². The summed E-state index contributed by atoms with van der Waals surface area (Å²) in [6, 6.07) is 2.06. The molecule has 2 unspecified atom stereocenters. The molecule has 2 N–H and O–H groups in total. The first-order valence-electron chi connectivity index (χ1n) is 8.72. The molecule has 24 heavy (non-hydrogen) atoms. The average Bonchev–Trinajstić information content (AvgIpc) is 3.10. The van der Waals surface area contributed by atoms with Crippen LogP contribution in [0.5, 0.6) is 0 Å². The molecule has 1 amide bonds. The van der Waals surface area contributed by atoms with Gasteiger partial charge in [-0.25, -0.2) is 0 Å². The molecule has 1 aromatic rings. The van der Waals surface area contributed by atoms with Gasteiger partial charge in [-0.05, 0) is 56.7 Å². The maximum Gasteiger partial charge on any atom is 0.222 e. The van der Waals surface area contributed by atoms with Crippen LogP contribution < -0.4 is 5.32 Å². The molecule has 0 aromatic carbocycles. The lowest BCUT2D eigenvalue weighted by atomic mass is 9.85. The van der Waals surface area contributed by atoms with Gasteiger partial charge in [-0.15, -0.1) is 24.8 Å².